The normalized spacial score (nSPS) is 10.7. The lowest BCUT2D eigenvalue weighted by molar-refractivity contribution is 0.0949. The van der Waals surface area contributed by atoms with Crippen molar-refractivity contribution in [2.75, 3.05) is 0 Å². The third kappa shape index (κ3) is 2.98. The second kappa shape index (κ2) is 6.04. The average molecular weight is 311 g/mol. The number of hydrogen-bond acceptors (Lipinski definition) is 5. The molecule has 0 saturated carbocycles. The summed E-state index contributed by atoms with van der Waals surface area (Å²) in [5.74, 6) is 0.204. The molecule has 23 heavy (non-hydrogen) atoms. The third-order valence-electron chi connectivity index (χ3n) is 3.53. The molecule has 1 amide bonds. The van der Waals surface area contributed by atoms with Gasteiger partial charge in [-0.1, -0.05) is 11.2 Å². The Labute approximate surface area is 133 Å². The molecule has 0 aliphatic heterocycles. The number of nitrogens with zero attached hydrogens (tertiary/aromatic N) is 4. The second-order valence-electron chi connectivity index (χ2n) is 5.29. The van der Waals surface area contributed by atoms with Gasteiger partial charge in [-0.15, -0.1) is 0 Å². The first-order valence-electron chi connectivity index (χ1n) is 7.21. The smallest absolute Gasteiger partial charge is 0.257 e. The molecule has 3 aromatic rings. The molecule has 3 heterocycles. The van der Waals surface area contributed by atoms with Crippen molar-refractivity contribution in [2.24, 2.45) is 7.05 Å². The maximum absolute atomic E-state index is 12.5. The molecule has 0 spiro atoms. The summed E-state index contributed by atoms with van der Waals surface area (Å²) in [6.45, 7) is 4.01. The molecule has 3 rings (SSSR count). The molecule has 3 aromatic heterocycles. The van der Waals surface area contributed by atoms with Crippen LogP contribution in [0.25, 0.3) is 11.4 Å². The predicted molar refractivity (Wildman–Crippen MR) is 83.6 cm³/mol. The van der Waals surface area contributed by atoms with Crippen LogP contribution in [0.4, 0.5) is 0 Å². The van der Waals surface area contributed by atoms with E-state index in [1.165, 1.54) is 0 Å². The van der Waals surface area contributed by atoms with Gasteiger partial charge in [-0.05, 0) is 31.5 Å². The number of rotatable bonds is 4. The monoisotopic (exact) mass is 311 g/mol. The Morgan fingerprint density at radius 2 is 2.17 bits per heavy atom. The molecule has 0 bridgehead atoms. The quantitative estimate of drug-likeness (QED) is 0.796. The Morgan fingerprint density at radius 1 is 1.35 bits per heavy atom. The van der Waals surface area contributed by atoms with Crippen LogP contribution in [0.3, 0.4) is 0 Å². The minimum Gasteiger partial charge on any atom is -0.360 e. The van der Waals surface area contributed by atoms with Crippen LogP contribution in [0.1, 0.15) is 27.4 Å². The standard InChI is InChI=1S/C16H17N5O2/c1-10-9-21(3)19-13(10)8-18-16(22)14-11(2)23-20-15(14)12-6-4-5-7-17-12/h4-7,9H,8H2,1-3H3,(H,18,22). The van der Waals surface area contributed by atoms with E-state index in [4.69, 9.17) is 4.52 Å². The molecule has 0 unspecified atom stereocenters. The zero-order valence-corrected chi connectivity index (χ0v) is 13.2. The molecule has 1 N–H and O–H groups in total. The molecule has 0 radical (unpaired) electrons. The van der Waals surface area contributed by atoms with Gasteiger partial charge in [-0.25, -0.2) is 0 Å². The van der Waals surface area contributed by atoms with Crippen molar-refractivity contribution >= 4 is 5.91 Å². The van der Waals surface area contributed by atoms with Crippen LogP contribution < -0.4 is 5.32 Å². The van der Waals surface area contributed by atoms with Crippen LogP contribution in [0.5, 0.6) is 0 Å². The highest BCUT2D eigenvalue weighted by Crippen LogP contribution is 2.23. The van der Waals surface area contributed by atoms with Gasteiger partial charge < -0.3 is 9.84 Å². The number of carbonyl (C=O) groups is 1. The molecule has 0 aromatic carbocycles. The summed E-state index contributed by atoms with van der Waals surface area (Å²) < 4.78 is 6.90. The van der Waals surface area contributed by atoms with Gasteiger partial charge in [0.2, 0.25) is 0 Å². The van der Waals surface area contributed by atoms with Crippen LogP contribution in [-0.4, -0.2) is 25.8 Å². The van der Waals surface area contributed by atoms with E-state index in [2.05, 4.69) is 20.6 Å². The fraction of sp³-hybridized carbons (Fsp3) is 0.250. The number of hydrogen-bond donors (Lipinski definition) is 1. The number of aromatic nitrogens is 4. The van der Waals surface area contributed by atoms with Crippen molar-refractivity contribution in [1.29, 1.82) is 0 Å². The lowest BCUT2D eigenvalue weighted by Gasteiger charge is -2.04. The Morgan fingerprint density at radius 3 is 2.83 bits per heavy atom. The van der Waals surface area contributed by atoms with Gasteiger partial charge in [0.05, 0.1) is 17.9 Å². The minimum atomic E-state index is -0.255. The molecule has 7 heteroatoms. The van der Waals surface area contributed by atoms with Crippen LogP contribution in [0.2, 0.25) is 0 Å². The lowest BCUT2D eigenvalue weighted by atomic mass is 10.1. The van der Waals surface area contributed by atoms with Gasteiger partial charge in [0.25, 0.3) is 5.91 Å². The molecule has 0 aliphatic rings. The maximum atomic E-state index is 12.5. The Kier molecular flexibility index (Phi) is 3.92. The van der Waals surface area contributed by atoms with Crippen molar-refractivity contribution in [1.82, 2.24) is 25.2 Å². The van der Waals surface area contributed by atoms with Gasteiger partial charge >= 0.3 is 0 Å². The van der Waals surface area contributed by atoms with Crippen LogP contribution in [-0.2, 0) is 13.6 Å². The van der Waals surface area contributed by atoms with Crippen LogP contribution >= 0.6 is 0 Å². The number of aryl methyl sites for hydroxylation is 3. The van der Waals surface area contributed by atoms with E-state index in [1.807, 2.05) is 26.2 Å². The van der Waals surface area contributed by atoms with Gasteiger partial charge in [-0.3, -0.25) is 14.5 Å². The van der Waals surface area contributed by atoms with E-state index in [0.29, 0.717) is 29.3 Å². The molecule has 0 saturated heterocycles. The van der Waals surface area contributed by atoms with Crippen LogP contribution in [0.15, 0.2) is 35.1 Å². The fourth-order valence-corrected chi connectivity index (χ4v) is 2.40. The van der Waals surface area contributed by atoms with Crippen molar-refractivity contribution < 1.29 is 9.32 Å². The SMILES string of the molecule is Cc1cn(C)nc1CNC(=O)c1c(-c2ccccn2)noc1C. The van der Waals surface area contributed by atoms with Crippen molar-refractivity contribution in [3.8, 4) is 11.4 Å². The van der Waals surface area contributed by atoms with E-state index in [0.717, 1.165) is 11.3 Å². The zero-order chi connectivity index (χ0) is 16.4. The third-order valence-corrected chi connectivity index (χ3v) is 3.53. The zero-order valence-electron chi connectivity index (χ0n) is 13.2. The van der Waals surface area contributed by atoms with E-state index in [-0.39, 0.29) is 5.91 Å². The summed E-state index contributed by atoms with van der Waals surface area (Å²) >= 11 is 0. The highest BCUT2D eigenvalue weighted by molar-refractivity contribution is 6.00. The topological polar surface area (TPSA) is 85.8 Å². The summed E-state index contributed by atoms with van der Waals surface area (Å²) in [4.78, 5) is 16.8. The largest absolute Gasteiger partial charge is 0.360 e. The van der Waals surface area contributed by atoms with E-state index >= 15 is 0 Å². The summed E-state index contributed by atoms with van der Waals surface area (Å²) in [7, 11) is 1.85. The first-order chi connectivity index (χ1) is 11.1. The second-order valence-corrected chi connectivity index (χ2v) is 5.29. The molecular weight excluding hydrogens is 294 g/mol. The average Bonchev–Trinajstić information content (AvgIpc) is 3.08. The number of amides is 1. The molecule has 118 valence electrons. The molecule has 7 nitrogen and oxygen atoms in total. The maximum Gasteiger partial charge on any atom is 0.257 e. The Balaban J connectivity index is 1.83. The van der Waals surface area contributed by atoms with Gasteiger partial charge in [0.1, 0.15) is 17.0 Å². The van der Waals surface area contributed by atoms with Crippen molar-refractivity contribution in [2.45, 2.75) is 20.4 Å². The minimum absolute atomic E-state index is 0.255. The Bertz CT molecular complexity index is 836. The first kappa shape index (κ1) is 15.0. The summed E-state index contributed by atoms with van der Waals surface area (Å²) in [5.41, 5.74) is 3.30. The number of carbonyl (C=O) groups excluding carboxylic acids is 1. The molecule has 0 atom stereocenters. The van der Waals surface area contributed by atoms with E-state index in [9.17, 15) is 4.79 Å². The summed E-state index contributed by atoms with van der Waals surface area (Å²) in [5, 5.41) is 11.1. The van der Waals surface area contributed by atoms with Gasteiger partial charge in [0.15, 0.2) is 0 Å². The highest BCUT2D eigenvalue weighted by Gasteiger charge is 2.22. The highest BCUT2D eigenvalue weighted by atomic mass is 16.5. The van der Waals surface area contributed by atoms with Crippen molar-refractivity contribution in [3.05, 3.63) is 53.2 Å². The molecule has 0 aliphatic carbocycles. The number of pyridine rings is 1. The summed E-state index contributed by atoms with van der Waals surface area (Å²) in [6.07, 6.45) is 3.56. The molecular formula is C16H17N5O2. The van der Waals surface area contributed by atoms with Gasteiger partial charge in [0, 0.05) is 19.4 Å². The van der Waals surface area contributed by atoms with Crippen LogP contribution in [0, 0.1) is 13.8 Å². The number of nitrogens with one attached hydrogen (secondary N) is 1. The fourth-order valence-electron chi connectivity index (χ4n) is 2.40. The lowest BCUT2D eigenvalue weighted by Crippen LogP contribution is -2.24. The molecule has 0 fully saturated rings. The van der Waals surface area contributed by atoms with Crippen molar-refractivity contribution in [3.63, 3.8) is 0 Å². The van der Waals surface area contributed by atoms with E-state index < -0.39 is 0 Å². The Hall–Kier alpha value is -2.96. The predicted octanol–water partition coefficient (Wildman–Crippen LogP) is 2.02. The van der Waals surface area contributed by atoms with Gasteiger partial charge in [-0.2, -0.15) is 5.10 Å². The first-order valence-corrected chi connectivity index (χ1v) is 7.21. The summed E-state index contributed by atoms with van der Waals surface area (Å²) in [6, 6.07) is 5.43. The van der Waals surface area contributed by atoms with E-state index in [1.54, 1.807) is 29.9 Å².